The van der Waals surface area contributed by atoms with Gasteiger partial charge in [-0.15, -0.1) is 0 Å². The Morgan fingerprint density at radius 3 is 1.38 bits per heavy atom. The minimum absolute atomic E-state index is 0. The minimum Gasteiger partial charge on any atom is -0.399 e. The largest absolute Gasteiger partial charge is 0.500 e. The summed E-state index contributed by atoms with van der Waals surface area (Å²) in [5, 5.41) is 14.9. The van der Waals surface area contributed by atoms with Gasteiger partial charge in [-0.2, -0.15) is 0 Å². The fourth-order valence-corrected chi connectivity index (χ4v) is 10.9. The van der Waals surface area contributed by atoms with Crippen LogP contribution >= 0.6 is 22.6 Å². The van der Waals surface area contributed by atoms with Crippen LogP contribution in [-0.4, -0.2) is 95.6 Å². The number of alkyl halides is 2. The van der Waals surface area contributed by atoms with Gasteiger partial charge >= 0.3 is 51.0 Å². The summed E-state index contributed by atoms with van der Waals surface area (Å²) < 4.78 is 89.0. The zero-order valence-corrected chi connectivity index (χ0v) is 51.7. The van der Waals surface area contributed by atoms with E-state index in [1.807, 2.05) is 107 Å². The molecule has 76 heavy (non-hydrogen) atoms. The Hall–Kier alpha value is -4.84. The monoisotopic (exact) mass is 1310 g/mol. The molecule has 6 aromatic heterocycles. The first-order valence-corrected chi connectivity index (χ1v) is 32.1. The van der Waals surface area contributed by atoms with E-state index in [1.165, 1.54) is 10.8 Å². The van der Waals surface area contributed by atoms with Gasteiger partial charge in [-0.1, -0.05) is 28.1 Å². The number of imidazole rings is 2. The van der Waals surface area contributed by atoms with Crippen molar-refractivity contribution in [3.8, 4) is 33.4 Å². The zero-order chi connectivity index (χ0) is 55.7. The number of halogens is 2. The number of nitrogens with zero attached hydrogens (tertiary/aromatic N) is 6. The fraction of sp³-hybridized carbons (Fsp3) is 0.490. The average Bonchev–Trinajstić information content (AvgIpc) is 4.19. The molecule has 9 rings (SSSR count). The number of benzene rings is 2. The molecule has 1 aliphatic heterocycles. The topological polar surface area (TPSA) is 272 Å². The molecule has 25 heteroatoms. The summed E-state index contributed by atoms with van der Waals surface area (Å²) in [7, 11) is -7.38. The van der Waals surface area contributed by atoms with Gasteiger partial charge in [0, 0.05) is 31.3 Å². The molecule has 1 saturated heterocycles. The molecule has 0 saturated carbocycles. The van der Waals surface area contributed by atoms with Gasteiger partial charge in [0.05, 0.1) is 61.0 Å². The summed E-state index contributed by atoms with van der Waals surface area (Å²) in [6, 6.07) is 7.79. The van der Waals surface area contributed by atoms with E-state index < -0.39 is 30.5 Å². The standard InChI is InChI=1S/C20H23N5O4S.C15H17IN4O3S.C11H18BNO3.C4H10I.CH4/c1-9(2)30(26,27)25-20-21-16-8-14(17-10(3)23-28-12(17)5)7-15(19(16)22-20)18-11(4)24-29-13(18)6;1-7(2)24(21,22)20-15-17-12-6-10(5-11(16)14(12)18-15)13-8(3)19-23-9(13)4;1-7-9(8(2)14-13-7)12-15-10(3,4)11(5,6)16-12;1-3-4-5-2;/h7-9H,1-6H3,(H2,21,22,25);5-7H,1-4H3,(H2,17,18,20);1-6H3;3-4H2,1-2H3;1H4/q;;;-1;. The van der Waals surface area contributed by atoms with Crippen LogP contribution < -0.4 is 36.1 Å². The van der Waals surface area contributed by atoms with Crippen LogP contribution in [0.2, 0.25) is 0 Å². The van der Waals surface area contributed by atoms with E-state index in [2.05, 4.69) is 84.5 Å². The number of rotatable bonds is 12. The SMILES string of the molecule is C.CCC[I-]C.Cc1noc(C)c1-c1cc(-c2c(C)noc2C)c2nc(NS(=O)(=O)C(C)C)[nH]c2c1.Cc1noc(C)c1-c1cc(I)c2nc(NS(=O)(=O)C(C)C)[nH]c2c1.Cc1noc(C)c1B1OC(C)(C)C(C)(C)O1. The van der Waals surface area contributed by atoms with Gasteiger partial charge in [-0.3, -0.25) is 9.44 Å². The Labute approximate surface area is 470 Å². The molecule has 416 valence electrons. The molecule has 1 aliphatic rings. The molecule has 0 spiro atoms. The summed E-state index contributed by atoms with van der Waals surface area (Å²) in [4.78, 5) is 17.3. The molecule has 0 aliphatic carbocycles. The molecule has 4 N–H and O–H groups in total. The molecule has 0 atom stereocenters. The minimum atomic E-state index is -3.55. The number of anilines is 2. The number of nitrogens with one attached hydrogen (secondary N) is 4. The van der Waals surface area contributed by atoms with Gasteiger partial charge in [-0.05, 0) is 169 Å². The molecular weight excluding hydrogens is 1240 g/mol. The quantitative estimate of drug-likeness (QED) is 0.0510. The Morgan fingerprint density at radius 2 is 1.01 bits per heavy atom. The van der Waals surface area contributed by atoms with Crippen LogP contribution in [-0.2, 0) is 29.4 Å². The van der Waals surface area contributed by atoms with Crippen molar-refractivity contribution in [3.63, 3.8) is 0 Å². The average molecular weight is 1310 g/mol. The summed E-state index contributed by atoms with van der Waals surface area (Å²) in [5.74, 6) is 3.21. The van der Waals surface area contributed by atoms with E-state index in [0.29, 0.717) is 49.3 Å². The van der Waals surface area contributed by atoms with Crippen molar-refractivity contribution in [2.75, 3.05) is 18.8 Å². The van der Waals surface area contributed by atoms with E-state index in [9.17, 15) is 16.8 Å². The van der Waals surface area contributed by atoms with Gasteiger partial charge in [0.2, 0.25) is 31.9 Å². The second-order valence-electron chi connectivity index (χ2n) is 19.7. The van der Waals surface area contributed by atoms with Crippen LogP contribution in [0.15, 0.2) is 42.4 Å². The summed E-state index contributed by atoms with van der Waals surface area (Å²) in [6.07, 6.45) is 1.39. The zero-order valence-electron chi connectivity index (χ0n) is 45.8. The normalized spacial score (nSPS) is 14.1. The molecular formula is C51H72BI2N10O10S2-. The Bertz CT molecular complexity index is 3440. The van der Waals surface area contributed by atoms with Gasteiger partial charge in [0.15, 0.2) is 0 Å². The van der Waals surface area contributed by atoms with Crippen molar-refractivity contribution in [1.82, 2.24) is 40.6 Å². The van der Waals surface area contributed by atoms with Crippen LogP contribution in [0.25, 0.3) is 55.4 Å². The maximum Gasteiger partial charge on any atom is 0.500 e. The van der Waals surface area contributed by atoms with Crippen molar-refractivity contribution in [1.29, 1.82) is 0 Å². The Morgan fingerprint density at radius 1 is 0.618 bits per heavy atom. The van der Waals surface area contributed by atoms with Crippen LogP contribution in [0.1, 0.15) is 122 Å². The predicted molar refractivity (Wildman–Crippen MR) is 305 cm³/mol. The van der Waals surface area contributed by atoms with Crippen LogP contribution in [0.5, 0.6) is 0 Å². The third kappa shape index (κ3) is 13.5. The van der Waals surface area contributed by atoms with Crippen LogP contribution in [0, 0.1) is 59.0 Å². The number of fused-ring (bicyclic) bond motifs is 2. The number of aromatic amines is 2. The number of hydrogen-bond acceptors (Lipinski definition) is 16. The van der Waals surface area contributed by atoms with Gasteiger partial charge in [0.1, 0.15) is 28.6 Å². The maximum absolute atomic E-state index is 12.3. The molecule has 20 nitrogen and oxygen atoms in total. The van der Waals surface area contributed by atoms with E-state index >= 15 is 0 Å². The van der Waals surface area contributed by atoms with Crippen molar-refractivity contribution >= 4 is 89.2 Å². The van der Waals surface area contributed by atoms with Crippen molar-refractivity contribution in [2.24, 2.45) is 0 Å². The van der Waals surface area contributed by atoms with Crippen molar-refractivity contribution in [2.45, 2.75) is 153 Å². The van der Waals surface area contributed by atoms with Crippen LogP contribution in [0.4, 0.5) is 11.9 Å². The van der Waals surface area contributed by atoms with E-state index in [1.54, 1.807) is 27.7 Å². The van der Waals surface area contributed by atoms with Gasteiger partial charge < -0.3 is 37.4 Å². The van der Waals surface area contributed by atoms with E-state index in [-0.39, 0.29) is 37.6 Å². The molecule has 0 unspecified atom stereocenters. The Balaban J connectivity index is 0.000000208. The third-order valence-electron chi connectivity index (χ3n) is 12.7. The first kappa shape index (κ1) is 62.0. The summed E-state index contributed by atoms with van der Waals surface area (Å²) in [6.45, 7) is 31.8. The van der Waals surface area contributed by atoms with E-state index in [0.717, 1.165) is 82.2 Å². The number of aryl methyl sites for hydroxylation is 8. The van der Waals surface area contributed by atoms with Crippen LogP contribution in [0.3, 0.4) is 0 Å². The first-order valence-electron chi connectivity index (χ1n) is 24.2. The molecule has 1 fully saturated rings. The Kier molecular flexibility index (Phi) is 20.0. The van der Waals surface area contributed by atoms with Crippen molar-refractivity contribution in [3.05, 3.63) is 73.7 Å². The number of hydrogen-bond donors (Lipinski definition) is 4. The van der Waals surface area contributed by atoms with E-state index in [4.69, 9.17) is 27.4 Å². The first-order chi connectivity index (χ1) is 34.9. The number of aromatic nitrogens is 8. The van der Waals surface area contributed by atoms with Gasteiger partial charge in [-0.25, -0.2) is 26.8 Å². The summed E-state index contributed by atoms with van der Waals surface area (Å²) in [5.41, 5.74) is 11.4. The predicted octanol–water partition coefficient (Wildman–Crippen LogP) is 8.19. The smallest absolute Gasteiger partial charge is 0.399 e. The summed E-state index contributed by atoms with van der Waals surface area (Å²) >= 11 is 2.79. The molecule has 7 heterocycles. The third-order valence-corrected chi connectivity index (χ3v) is 19.2. The second kappa shape index (κ2) is 24.5. The number of sulfonamides is 2. The molecule has 0 radical (unpaired) electrons. The molecule has 0 amide bonds. The van der Waals surface area contributed by atoms with Gasteiger partial charge in [0.25, 0.3) is 0 Å². The maximum atomic E-state index is 12.3. The second-order valence-corrected chi connectivity index (χ2v) is 28.0. The molecule has 8 aromatic rings. The van der Waals surface area contributed by atoms with Crippen molar-refractivity contribution < 1.29 is 65.4 Å². The molecule has 0 bridgehead atoms. The number of H-pyrrole nitrogens is 2. The fourth-order valence-electron chi connectivity index (χ4n) is 7.91. The molecule has 2 aromatic carbocycles.